The van der Waals surface area contributed by atoms with Crippen LogP contribution >= 0.6 is 0 Å². The van der Waals surface area contributed by atoms with E-state index in [0.29, 0.717) is 17.2 Å². The third-order valence-electron chi connectivity index (χ3n) is 2.27. The minimum atomic E-state index is -0.205. The van der Waals surface area contributed by atoms with E-state index in [2.05, 4.69) is 5.32 Å². The Labute approximate surface area is 95.0 Å². The van der Waals surface area contributed by atoms with Crippen LogP contribution in [0.1, 0.15) is 0 Å². The van der Waals surface area contributed by atoms with Crippen LogP contribution in [-0.2, 0) is 0 Å². The number of hydrogen-bond donors (Lipinski definition) is 1. The Morgan fingerprint density at radius 3 is 2.50 bits per heavy atom. The van der Waals surface area contributed by atoms with Gasteiger partial charge in [0.1, 0.15) is 11.5 Å². The summed E-state index contributed by atoms with van der Waals surface area (Å²) >= 11 is 0. The van der Waals surface area contributed by atoms with Gasteiger partial charge in [-0.2, -0.15) is 0 Å². The van der Waals surface area contributed by atoms with Gasteiger partial charge in [0.15, 0.2) is 0 Å². The number of carbonyl (C=O) groups is 1. The monoisotopic (exact) mass is 224 g/mol. The van der Waals surface area contributed by atoms with Gasteiger partial charge in [0.2, 0.25) is 0 Å². The largest absolute Gasteiger partial charge is 0.497 e. The van der Waals surface area contributed by atoms with Crippen LogP contribution in [0.25, 0.3) is 0 Å². The van der Waals surface area contributed by atoms with E-state index in [0.717, 1.165) is 0 Å². The molecule has 88 valence electrons. The first-order valence-electron chi connectivity index (χ1n) is 4.81. The fourth-order valence-corrected chi connectivity index (χ4v) is 1.34. The second-order valence-corrected chi connectivity index (χ2v) is 3.15. The van der Waals surface area contributed by atoms with E-state index in [9.17, 15) is 4.79 Å². The molecule has 0 saturated heterocycles. The zero-order valence-corrected chi connectivity index (χ0v) is 9.90. The minimum Gasteiger partial charge on any atom is -0.497 e. The SMILES string of the molecule is CNC(=O)N(C)c1ccc(OC)cc1OC. The van der Waals surface area contributed by atoms with Crippen LogP contribution in [0.5, 0.6) is 11.5 Å². The van der Waals surface area contributed by atoms with Crippen LogP contribution in [0, 0.1) is 0 Å². The Balaban J connectivity index is 3.08. The van der Waals surface area contributed by atoms with E-state index in [-0.39, 0.29) is 6.03 Å². The molecule has 0 spiro atoms. The zero-order chi connectivity index (χ0) is 12.1. The quantitative estimate of drug-likeness (QED) is 0.846. The number of amides is 2. The lowest BCUT2D eigenvalue weighted by Gasteiger charge is -2.19. The van der Waals surface area contributed by atoms with Crippen molar-refractivity contribution in [3.63, 3.8) is 0 Å². The molecule has 0 atom stereocenters. The molecule has 5 nitrogen and oxygen atoms in total. The highest BCUT2D eigenvalue weighted by atomic mass is 16.5. The summed E-state index contributed by atoms with van der Waals surface area (Å²) < 4.78 is 10.3. The highest BCUT2D eigenvalue weighted by molar-refractivity contribution is 5.92. The summed E-state index contributed by atoms with van der Waals surface area (Å²) in [5.41, 5.74) is 0.683. The highest BCUT2D eigenvalue weighted by Gasteiger charge is 2.14. The van der Waals surface area contributed by atoms with Crippen molar-refractivity contribution in [2.45, 2.75) is 0 Å². The molecule has 0 aliphatic carbocycles. The summed E-state index contributed by atoms with van der Waals surface area (Å²) in [7, 11) is 6.38. The smallest absolute Gasteiger partial charge is 0.321 e. The first-order chi connectivity index (χ1) is 7.63. The van der Waals surface area contributed by atoms with Crippen LogP contribution in [0.2, 0.25) is 0 Å². The molecule has 0 saturated carbocycles. The van der Waals surface area contributed by atoms with Gasteiger partial charge >= 0.3 is 6.03 Å². The maximum Gasteiger partial charge on any atom is 0.321 e. The van der Waals surface area contributed by atoms with E-state index in [1.165, 1.54) is 4.90 Å². The molecule has 2 amide bonds. The van der Waals surface area contributed by atoms with Gasteiger partial charge in [0.05, 0.1) is 19.9 Å². The number of carbonyl (C=O) groups excluding carboxylic acids is 1. The topological polar surface area (TPSA) is 50.8 Å². The Morgan fingerprint density at radius 2 is 2.00 bits per heavy atom. The molecule has 1 aromatic carbocycles. The third kappa shape index (κ3) is 2.36. The number of hydrogen-bond acceptors (Lipinski definition) is 3. The zero-order valence-electron chi connectivity index (χ0n) is 9.90. The van der Waals surface area contributed by atoms with Gasteiger partial charge in [0, 0.05) is 20.2 Å². The summed E-state index contributed by atoms with van der Waals surface area (Å²) in [6.07, 6.45) is 0. The Kier molecular flexibility index (Phi) is 3.99. The highest BCUT2D eigenvalue weighted by Crippen LogP contribution is 2.31. The molecule has 1 aromatic rings. The first kappa shape index (κ1) is 12.2. The van der Waals surface area contributed by atoms with Crippen molar-refractivity contribution >= 4 is 11.7 Å². The number of rotatable bonds is 3. The minimum absolute atomic E-state index is 0.205. The van der Waals surface area contributed by atoms with E-state index in [4.69, 9.17) is 9.47 Å². The van der Waals surface area contributed by atoms with Crippen LogP contribution in [0.15, 0.2) is 18.2 Å². The molecule has 1 N–H and O–H groups in total. The van der Waals surface area contributed by atoms with Crippen molar-refractivity contribution in [2.24, 2.45) is 0 Å². The Bertz CT molecular complexity index is 379. The van der Waals surface area contributed by atoms with E-state index < -0.39 is 0 Å². The summed E-state index contributed by atoms with van der Waals surface area (Å²) in [6, 6.07) is 5.07. The van der Waals surface area contributed by atoms with Crippen molar-refractivity contribution in [3.8, 4) is 11.5 Å². The maximum atomic E-state index is 11.5. The predicted molar refractivity (Wildman–Crippen MR) is 62.4 cm³/mol. The molecule has 1 rings (SSSR count). The number of nitrogens with zero attached hydrogens (tertiary/aromatic N) is 1. The molecule has 5 heteroatoms. The van der Waals surface area contributed by atoms with Crippen LogP contribution in [0.4, 0.5) is 10.5 Å². The average Bonchev–Trinajstić information content (AvgIpc) is 2.35. The molecule has 0 aliphatic rings. The van der Waals surface area contributed by atoms with Gasteiger partial charge in [-0.05, 0) is 12.1 Å². The second kappa shape index (κ2) is 5.25. The predicted octanol–water partition coefficient (Wildman–Crippen LogP) is 1.48. The Morgan fingerprint density at radius 1 is 1.31 bits per heavy atom. The lowest BCUT2D eigenvalue weighted by molar-refractivity contribution is 0.249. The lowest BCUT2D eigenvalue weighted by atomic mass is 10.2. The van der Waals surface area contributed by atoms with Crippen molar-refractivity contribution in [1.29, 1.82) is 0 Å². The summed E-state index contributed by atoms with van der Waals surface area (Å²) in [6.45, 7) is 0. The van der Waals surface area contributed by atoms with Crippen LogP contribution in [0.3, 0.4) is 0 Å². The molecule has 0 aliphatic heterocycles. The molecule has 0 fully saturated rings. The lowest BCUT2D eigenvalue weighted by Crippen LogP contribution is -2.34. The molecule has 16 heavy (non-hydrogen) atoms. The van der Waals surface area contributed by atoms with Crippen molar-refractivity contribution < 1.29 is 14.3 Å². The normalized spacial score (nSPS) is 9.50. The molecule has 0 unspecified atom stereocenters. The van der Waals surface area contributed by atoms with Crippen molar-refractivity contribution in [3.05, 3.63) is 18.2 Å². The molecule has 0 heterocycles. The summed E-state index contributed by atoms with van der Waals surface area (Å²) in [5, 5.41) is 2.54. The second-order valence-electron chi connectivity index (χ2n) is 3.15. The number of anilines is 1. The Hall–Kier alpha value is -1.91. The number of methoxy groups -OCH3 is 2. The fraction of sp³-hybridized carbons (Fsp3) is 0.364. The standard InChI is InChI=1S/C11H16N2O3/c1-12-11(14)13(2)9-6-5-8(15-3)7-10(9)16-4/h5-7H,1-4H3,(H,12,14). The summed E-state index contributed by atoms with van der Waals surface area (Å²) in [4.78, 5) is 12.9. The fourth-order valence-electron chi connectivity index (χ4n) is 1.34. The maximum absolute atomic E-state index is 11.5. The van der Waals surface area contributed by atoms with Gasteiger partial charge in [-0.1, -0.05) is 0 Å². The van der Waals surface area contributed by atoms with Crippen molar-refractivity contribution in [1.82, 2.24) is 5.32 Å². The van der Waals surface area contributed by atoms with Gasteiger partial charge in [-0.3, -0.25) is 4.90 Å². The molecular formula is C11H16N2O3. The number of ether oxygens (including phenoxy) is 2. The van der Waals surface area contributed by atoms with Gasteiger partial charge < -0.3 is 14.8 Å². The van der Waals surface area contributed by atoms with E-state index in [1.807, 2.05) is 0 Å². The van der Waals surface area contributed by atoms with E-state index >= 15 is 0 Å². The van der Waals surface area contributed by atoms with E-state index in [1.54, 1.807) is 46.5 Å². The van der Waals surface area contributed by atoms with Crippen LogP contribution < -0.4 is 19.7 Å². The number of urea groups is 1. The van der Waals surface area contributed by atoms with Crippen LogP contribution in [-0.4, -0.2) is 34.3 Å². The number of nitrogens with one attached hydrogen (secondary N) is 1. The van der Waals surface area contributed by atoms with Gasteiger partial charge in [-0.15, -0.1) is 0 Å². The first-order valence-corrected chi connectivity index (χ1v) is 4.81. The van der Waals surface area contributed by atoms with Crippen molar-refractivity contribution in [2.75, 3.05) is 33.2 Å². The molecule has 0 aromatic heterocycles. The molecular weight excluding hydrogens is 208 g/mol. The van der Waals surface area contributed by atoms with Gasteiger partial charge in [-0.25, -0.2) is 4.79 Å². The third-order valence-corrected chi connectivity index (χ3v) is 2.27. The van der Waals surface area contributed by atoms with Gasteiger partial charge in [0.25, 0.3) is 0 Å². The number of benzene rings is 1. The molecule has 0 bridgehead atoms. The molecule has 0 radical (unpaired) electrons. The summed E-state index contributed by atoms with van der Waals surface area (Å²) in [5.74, 6) is 1.27. The average molecular weight is 224 g/mol.